The van der Waals surface area contributed by atoms with E-state index in [2.05, 4.69) is 20.7 Å². The van der Waals surface area contributed by atoms with Crippen molar-refractivity contribution in [3.8, 4) is 17.1 Å². The van der Waals surface area contributed by atoms with Crippen LogP contribution in [0.25, 0.3) is 11.4 Å². The molecule has 31 heavy (non-hydrogen) atoms. The van der Waals surface area contributed by atoms with Gasteiger partial charge in [-0.3, -0.25) is 4.79 Å². The van der Waals surface area contributed by atoms with E-state index in [1.807, 2.05) is 85.8 Å². The fraction of sp³-hybridized carbons (Fsp3) is 0.167. The van der Waals surface area contributed by atoms with Crippen LogP contribution in [0.1, 0.15) is 22.7 Å². The second kappa shape index (κ2) is 9.21. The molecular formula is C24H23N5O2. The highest BCUT2D eigenvalue weighted by molar-refractivity contribution is 5.76. The molecule has 156 valence electrons. The summed E-state index contributed by atoms with van der Waals surface area (Å²) >= 11 is 0. The molecule has 0 unspecified atom stereocenters. The fourth-order valence-electron chi connectivity index (χ4n) is 3.38. The Balaban J connectivity index is 1.52. The number of nitrogens with zero attached hydrogens (tertiary/aromatic N) is 4. The van der Waals surface area contributed by atoms with Crippen LogP contribution in [0.3, 0.4) is 0 Å². The standard InChI is InChI=1S/C24H23N5O2/c1-17-8-6-7-11-21(17)24-26-28-29(27-24)16-22(30)25-23(18-9-4-3-5-10-18)19-12-14-20(31-2)15-13-19/h3-15,23H,16H2,1-2H3,(H,25,30)/t23-/m1/s1. The summed E-state index contributed by atoms with van der Waals surface area (Å²) in [6.07, 6.45) is 0. The summed E-state index contributed by atoms with van der Waals surface area (Å²) in [6.45, 7) is 1.96. The lowest BCUT2D eigenvalue weighted by Crippen LogP contribution is -2.32. The smallest absolute Gasteiger partial charge is 0.244 e. The van der Waals surface area contributed by atoms with Gasteiger partial charge in [0.15, 0.2) is 0 Å². The highest BCUT2D eigenvalue weighted by Gasteiger charge is 2.18. The lowest BCUT2D eigenvalue weighted by molar-refractivity contribution is -0.122. The van der Waals surface area contributed by atoms with Gasteiger partial charge in [-0.1, -0.05) is 66.7 Å². The van der Waals surface area contributed by atoms with Gasteiger partial charge in [0.25, 0.3) is 0 Å². The molecule has 0 saturated carbocycles. The molecule has 1 heterocycles. The van der Waals surface area contributed by atoms with Gasteiger partial charge in [-0.25, -0.2) is 0 Å². The second-order valence-electron chi connectivity index (χ2n) is 7.14. The molecule has 1 amide bonds. The highest BCUT2D eigenvalue weighted by atomic mass is 16.5. The first-order chi connectivity index (χ1) is 15.1. The number of hydrogen-bond donors (Lipinski definition) is 1. The van der Waals surface area contributed by atoms with Crippen molar-refractivity contribution in [2.45, 2.75) is 19.5 Å². The number of methoxy groups -OCH3 is 1. The van der Waals surface area contributed by atoms with Crippen molar-refractivity contribution in [2.75, 3.05) is 7.11 Å². The third-order valence-electron chi connectivity index (χ3n) is 5.01. The lowest BCUT2D eigenvalue weighted by Gasteiger charge is -2.20. The van der Waals surface area contributed by atoms with Gasteiger partial charge >= 0.3 is 0 Å². The molecule has 0 bridgehead atoms. The Kier molecular flexibility index (Phi) is 6.03. The minimum Gasteiger partial charge on any atom is -0.497 e. The summed E-state index contributed by atoms with van der Waals surface area (Å²) in [5, 5.41) is 15.6. The minimum atomic E-state index is -0.307. The van der Waals surface area contributed by atoms with E-state index in [1.54, 1.807) is 7.11 Å². The van der Waals surface area contributed by atoms with E-state index < -0.39 is 0 Å². The molecule has 1 N–H and O–H groups in total. The first-order valence-corrected chi connectivity index (χ1v) is 9.96. The van der Waals surface area contributed by atoms with Crippen LogP contribution in [-0.4, -0.2) is 33.2 Å². The maximum absolute atomic E-state index is 12.8. The number of tetrazole rings is 1. The molecule has 0 radical (unpaired) electrons. The normalized spacial score (nSPS) is 11.7. The first kappa shape index (κ1) is 20.3. The molecule has 0 aliphatic carbocycles. The van der Waals surface area contributed by atoms with E-state index in [0.29, 0.717) is 5.82 Å². The van der Waals surface area contributed by atoms with E-state index in [-0.39, 0.29) is 18.5 Å². The van der Waals surface area contributed by atoms with Crippen molar-refractivity contribution in [1.29, 1.82) is 0 Å². The number of aromatic nitrogens is 4. The molecule has 1 atom stereocenters. The molecule has 7 nitrogen and oxygen atoms in total. The van der Waals surface area contributed by atoms with Crippen LogP contribution >= 0.6 is 0 Å². The van der Waals surface area contributed by atoms with E-state index in [4.69, 9.17) is 4.74 Å². The predicted octanol–water partition coefficient (Wildman–Crippen LogP) is 3.56. The lowest BCUT2D eigenvalue weighted by atomic mass is 9.98. The number of ether oxygens (including phenoxy) is 1. The summed E-state index contributed by atoms with van der Waals surface area (Å²) in [5.74, 6) is 1.05. The molecule has 0 aliphatic rings. The van der Waals surface area contributed by atoms with Crippen LogP contribution in [0, 0.1) is 6.92 Å². The number of rotatable bonds is 7. The molecule has 4 rings (SSSR count). The van der Waals surface area contributed by atoms with Crippen LogP contribution in [-0.2, 0) is 11.3 Å². The van der Waals surface area contributed by atoms with E-state index in [1.165, 1.54) is 4.80 Å². The monoisotopic (exact) mass is 413 g/mol. The van der Waals surface area contributed by atoms with Gasteiger partial charge in [0.05, 0.1) is 13.2 Å². The van der Waals surface area contributed by atoms with Crippen LogP contribution in [0.15, 0.2) is 78.9 Å². The van der Waals surface area contributed by atoms with E-state index >= 15 is 0 Å². The Labute approximate surface area is 180 Å². The highest BCUT2D eigenvalue weighted by Crippen LogP contribution is 2.24. The van der Waals surface area contributed by atoms with Gasteiger partial charge < -0.3 is 10.1 Å². The molecule has 1 aromatic heterocycles. The van der Waals surface area contributed by atoms with Crippen LogP contribution < -0.4 is 10.1 Å². The Morgan fingerprint density at radius 3 is 2.35 bits per heavy atom. The summed E-state index contributed by atoms with van der Waals surface area (Å²) in [5.41, 5.74) is 3.88. The Bertz CT molecular complexity index is 1160. The SMILES string of the molecule is COc1ccc([C@H](NC(=O)Cn2nnc(-c3ccccc3C)n2)c2ccccc2)cc1. The number of amides is 1. The number of carbonyl (C=O) groups excluding carboxylic acids is 1. The number of hydrogen-bond acceptors (Lipinski definition) is 5. The van der Waals surface area contributed by atoms with E-state index in [0.717, 1.165) is 28.0 Å². The summed E-state index contributed by atoms with van der Waals surface area (Å²) in [7, 11) is 1.63. The third-order valence-corrected chi connectivity index (χ3v) is 5.01. The molecule has 3 aromatic carbocycles. The van der Waals surface area contributed by atoms with Gasteiger partial charge in [0.2, 0.25) is 11.7 Å². The van der Waals surface area contributed by atoms with Crippen LogP contribution in [0.2, 0.25) is 0 Å². The summed E-state index contributed by atoms with van der Waals surface area (Å²) < 4.78 is 5.25. The second-order valence-corrected chi connectivity index (χ2v) is 7.14. The molecule has 4 aromatic rings. The topological polar surface area (TPSA) is 81.9 Å². The van der Waals surface area contributed by atoms with Gasteiger partial charge in [-0.15, -0.1) is 10.2 Å². The predicted molar refractivity (Wildman–Crippen MR) is 117 cm³/mol. The average molecular weight is 413 g/mol. The zero-order valence-electron chi connectivity index (χ0n) is 17.4. The van der Waals surface area contributed by atoms with Crippen molar-refractivity contribution >= 4 is 5.91 Å². The molecule has 7 heteroatoms. The fourth-order valence-corrected chi connectivity index (χ4v) is 3.38. The largest absolute Gasteiger partial charge is 0.497 e. The zero-order valence-corrected chi connectivity index (χ0v) is 17.4. The van der Waals surface area contributed by atoms with Gasteiger partial charge in [0, 0.05) is 5.56 Å². The number of benzene rings is 3. The maximum Gasteiger partial charge on any atom is 0.244 e. The Morgan fingerprint density at radius 1 is 0.968 bits per heavy atom. The molecular weight excluding hydrogens is 390 g/mol. The number of aryl methyl sites for hydroxylation is 1. The third kappa shape index (κ3) is 4.78. The van der Waals surface area contributed by atoms with Gasteiger partial charge in [-0.05, 0) is 41.0 Å². The molecule has 0 spiro atoms. The summed E-state index contributed by atoms with van der Waals surface area (Å²) in [4.78, 5) is 14.2. The van der Waals surface area contributed by atoms with Crippen molar-refractivity contribution in [3.63, 3.8) is 0 Å². The first-order valence-electron chi connectivity index (χ1n) is 9.96. The Morgan fingerprint density at radius 2 is 1.65 bits per heavy atom. The molecule has 0 fully saturated rings. The Hall–Kier alpha value is -4.00. The van der Waals surface area contributed by atoms with Crippen molar-refractivity contribution in [2.24, 2.45) is 0 Å². The van der Waals surface area contributed by atoms with Crippen LogP contribution in [0.4, 0.5) is 0 Å². The molecule has 0 aliphatic heterocycles. The van der Waals surface area contributed by atoms with E-state index in [9.17, 15) is 4.79 Å². The van der Waals surface area contributed by atoms with Crippen molar-refractivity contribution in [3.05, 3.63) is 95.6 Å². The number of carbonyl (C=O) groups is 1. The van der Waals surface area contributed by atoms with Crippen LogP contribution in [0.5, 0.6) is 5.75 Å². The van der Waals surface area contributed by atoms with Gasteiger partial charge in [-0.2, -0.15) is 4.80 Å². The number of nitrogens with one attached hydrogen (secondary N) is 1. The van der Waals surface area contributed by atoms with Gasteiger partial charge in [0.1, 0.15) is 12.3 Å². The summed E-state index contributed by atoms with van der Waals surface area (Å²) in [6, 6.07) is 25.0. The average Bonchev–Trinajstić information content (AvgIpc) is 3.26. The quantitative estimate of drug-likeness (QED) is 0.501. The minimum absolute atomic E-state index is 0.0294. The van der Waals surface area contributed by atoms with Crippen molar-refractivity contribution < 1.29 is 9.53 Å². The maximum atomic E-state index is 12.8. The zero-order chi connectivity index (χ0) is 21.6. The van der Waals surface area contributed by atoms with Crippen molar-refractivity contribution in [1.82, 2.24) is 25.5 Å². The molecule has 0 saturated heterocycles.